The molecule has 0 aromatic carbocycles. The molecule has 1 amide bonds. The maximum atomic E-state index is 11.6. The lowest BCUT2D eigenvalue weighted by Crippen LogP contribution is -2.53. The Bertz CT molecular complexity index is 613. The van der Waals surface area contributed by atoms with Gasteiger partial charge in [-0.05, 0) is 12.1 Å². The first-order valence-corrected chi connectivity index (χ1v) is 6.56. The number of nitrogens with one attached hydrogen (secondary N) is 2. The van der Waals surface area contributed by atoms with E-state index in [0.29, 0.717) is 35.4 Å². The second-order valence-corrected chi connectivity index (χ2v) is 4.81. The summed E-state index contributed by atoms with van der Waals surface area (Å²) in [5.41, 5.74) is 0.574. The van der Waals surface area contributed by atoms with E-state index in [-0.39, 0.29) is 11.9 Å². The van der Waals surface area contributed by atoms with Crippen LogP contribution in [0.15, 0.2) is 22.9 Å². The van der Waals surface area contributed by atoms with Crippen molar-refractivity contribution in [3.8, 4) is 11.5 Å². The van der Waals surface area contributed by atoms with Gasteiger partial charge >= 0.3 is 0 Å². The van der Waals surface area contributed by atoms with Crippen molar-refractivity contribution in [3.05, 3.63) is 29.2 Å². The molecule has 0 radical (unpaired) electrons. The van der Waals surface area contributed by atoms with Crippen molar-refractivity contribution >= 4 is 17.5 Å². The Morgan fingerprint density at radius 3 is 3.05 bits per heavy atom. The molecule has 1 saturated heterocycles. The molecule has 1 unspecified atom stereocenters. The number of nitrogens with zero attached hydrogens (tertiary/aromatic N) is 3. The van der Waals surface area contributed by atoms with Crippen molar-refractivity contribution in [2.75, 3.05) is 13.1 Å². The maximum Gasteiger partial charge on any atom is 0.237 e. The van der Waals surface area contributed by atoms with Gasteiger partial charge in [-0.3, -0.25) is 9.78 Å². The van der Waals surface area contributed by atoms with E-state index in [1.54, 1.807) is 12.1 Å². The Morgan fingerprint density at radius 2 is 2.30 bits per heavy atom. The van der Waals surface area contributed by atoms with E-state index in [1.807, 2.05) is 0 Å². The van der Waals surface area contributed by atoms with Gasteiger partial charge in [-0.25, -0.2) is 0 Å². The van der Waals surface area contributed by atoms with E-state index in [4.69, 9.17) is 16.1 Å². The minimum atomic E-state index is -0.338. The van der Waals surface area contributed by atoms with Crippen molar-refractivity contribution in [3.63, 3.8) is 0 Å². The molecule has 0 saturated carbocycles. The average Bonchev–Trinajstić information content (AvgIpc) is 2.91. The van der Waals surface area contributed by atoms with Crippen molar-refractivity contribution in [2.45, 2.75) is 12.5 Å². The highest BCUT2D eigenvalue weighted by Crippen LogP contribution is 2.16. The normalized spacial score (nSPS) is 18.9. The molecule has 1 aliphatic rings. The smallest absolute Gasteiger partial charge is 0.237 e. The third-order valence-electron chi connectivity index (χ3n) is 2.93. The van der Waals surface area contributed by atoms with E-state index in [1.165, 1.54) is 6.20 Å². The van der Waals surface area contributed by atoms with Gasteiger partial charge < -0.3 is 15.2 Å². The fraction of sp³-hybridized carbons (Fsp3) is 0.333. The molecule has 2 N–H and O–H groups in total. The number of aromatic nitrogens is 3. The summed E-state index contributed by atoms with van der Waals surface area (Å²) in [6.45, 7) is 1.37. The summed E-state index contributed by atoms with van der Waals surface area (Å²) in [5, 5.41) is 10.3. The zero-order chi connectivity index (χ0) is 13.9. The fourth-order valence-electron chi connectivity index (χ4n) is 1.94. The predicted molar refractivity (Wildman–Crippen MR) is 71.0 cm³/mol. The van der Waals surface area contributed by atoms with Gasteiger partial charge in [0.2, 0.25) is 17.6 Å². The first-order chi connectivity index (χ1) is 9.72. The lowest BCUT2D eigenvalue weighted by Gasteiger charge is -2.21. The highest BCUT2D eigenvalue weighted by atomic mass is 35.5. The third-order valence-corrected chi connectivity index (χ3v) is 3.16. The van der Waals surface area contributed by atoms with Crippen molar-refractivity contribution in [1.29, 1.82) is 0 Å². The molecule has 0 aliphatic carbocycles. The number of carbonyl (C=O) groups excluding carboxylic acids is 1. The molecule has 1 aliphatic heterocycles. The van der Waals surface area contributed by atoms with Crippen LogP contribution in [0.1, 0.15) is 5.89 Å². The first-order valence-electron chi connectivity index (χ1n) is 6.18. The Balaban J connectivity index is 1.73. The molecular formula is C12H12ClN5O2. The molecule has 0 spiro atoms. The first kappa shape index (κ1) is 13.0. The Labute approximate surface area is 119 Å². The standard InChI is InChI=1S/C12H12ClN5O2/c13-7-1-2-8(16-6-7)11-17-10(20-18-11)5-9-12(19)15-4-3-14-9/h1-2,6,9,14H,3-5H2,(H,15,19). The molecule has 3 heterocycles. The predicted octanol–water partition coefficient (Wildman–Crippen LogP) is 0.415. The van der Waals surface area contributed by atoms with Crippen LogP contribution >= 0.6 is 11.6 Å². The number of hydrogen-bond acceptors (Lipinski definition) is 6. The van der Waals surface area contributed by atoms with Gasteiger partial charge in [-0.15, -0.1) is 0 Å². The highest BCUT2D eigenvalue weighted by Gasteiger charge is 2.24. The molecule has 7 nitrogen and oxygen atoms in total. The molecule has 1 atom stereocenters. The number of amides is 1. The zero-order valence-electron chi connectivity index (χ0n) is 10.5. The second-order valence-electron chi connectivity index (χ2n) is 4.38. The minimum Gasteiger partial charge on any atom is -0.353 e. The van der Waals surface area contributed by atoms with Crippen LogP contribution in [0.2, 0.25) is 5.02 Å². The quantitative estimate of drug-likeness (QED) is 0.852. The summed E-state index contributed by atoms with van der Waals surface area (Å²) in [4.78, 5) is 20.0. The minimum absolute atomic E-state index is 0.0550. The van der Waals surface area contributed by atoms with Crippen LogP contribution in [-0.2, 0) is 11.2 Å². The molecule has 2 aromatic heterocycles. The molecule has 8 heteroatoms. The maximum absolute atomic E-state index is 11.6. The number of carbonyl (C=O) groups is 1. The summed E-state index contributed by atoms with van der Waals surface area (Å²) in [5.74, 6) is 0.722. The zero-order valence-corrected chi connectivity index (χ0v) is 11.2. The van der Waals surface area contributed by atoms with Crippen LogP contribution in [0.3, 0.4) is 0 Å². The lowest BCUT2D eigenvalue weighted by molar-refractivity contribution is -0.124. The SMILES string of the molecule is O=C1NCCNC1Cc1nc(-c2ccc(Cl)cn2)no1. The average molecular weight is 294 g/mol. The van der Waals surface area contributed by atoms with Crippen LogP contribution in [0.5, 0.6) is 0 Å². The number of rotatable bonds is 3. The summed E-state index contributed by atoms with van der Waals surface area (Å²) in [6.07, 6.45) is 1.87. The molecule has 104 valence electrons. The highest BCUT2D eigenvalue weighted by molar-refractivity contribution is 6.30. The molecule has 20 heavy (non-hydrogen) atoms. The fourth-order valence-corrected chi connectivity index (χ4v) is 2.05. The van der Waals surface area contributed by atoms with Crippen LogP contribution in [0.25, 0.3) is 11.5 Å². The Morgan fingerprint density at radius 1 is 1.40 bits per heavy atom. The van der Waals surface area contributed by atoms with Crippen molar-refractivity contribution in [1.82, 2.24) is 25.8 Å². The topological polar surface area (TPSA) is 92.9 Å². The van der Waals surface area contributed by atoms with Crippen molar-refractivity contribution < 1.29 is 9.32 Å². The van der Waals surface area contributed by atoms with Crippen LogP contribution in [0, 0.1) is 0 Å². The van der Waals surface area contributed by atoms with Crippen LogP contribution < -0.4 is 10.6 Å². The van der Waals surface area contributed by atoms with Crippen LogP contribution in [0.4, 0.5) is 0 Å². The molecular weight excluding hydrogens is 282 g/mol. The van der Waals surface area contributed by atoms with Crippen LogP contribution in [-0.4, -0.2) is 40.2 Å². The number of hydrogen-bond donors (Lipinski definition) is 2. The monoisotopic (exact) mass is 293 g/mol. The van der Waals surface area contributed by atoms with Crippen molar-refractivity contribution in [2.24, 2.45) is 0 Å². The summed E-state index contributed by atoms with van der Waals surface area (Å²) >= 11 is 5.77. The van der Waals surface area contributed by atoms with E-state index in [9.17, 15) is 4.79 Å². The molecule has 3 rings (SSSR count). The van der Waals surface area contributed by atoms with Gasteiger partial charge in [0.25, 0.3) is 0 Å². The van der Waals surface area contributed by atoms with Gasteiger partial charge in [-0.1, -0.05) is 16.8 Å². The Hall–Kier alpha value is -1.99. The van der Waals surface area contributed by atoms with Gasteiger partial charge in [0.15, 0.2) is 0 Å². The van der Waals surface area contributed by atoms with E-state index in [2.05, 4.69) is 25.8 Å². The van der Waals surface area contributed by atoms with E-state index < -0.39 is 0 Å². The number of halogens is 1. The van der Waals surface area contributed by atoms with Gasteiger partial charge in [-0.2, -0.15) is 4.98 Å². The molecule has 1 fully saturated rings. The summed E-state index contributed by atoms with van der Waals surface area (Å²) in [6, 6.07) is 3.08. The largest absolute Gasteiger partial charge is 0.353 e. The van der Waals surface area contributed by atoms with Gasteiger partial charge in [0.1, 0.15) is 5.69 Å². The van der Waals surface area contributed by atoms with Gasteiger partial charge in [0, 0.05) is 19.3 Å². The second kappa shape index (κ2) is 5.56. The third kappa shape index (κ3) is 2.78. The van der Waals surface area contributed by atoms with E-state index >= 15 is 0 Å². The summed E-state index contributed by atoms with van der Waals surface area (Å²) in [7, 11) is 0. The van der Waals surface area contributed by atoms with E-state index in [0.717, 1.165) is 6.54 Å². The summed E-state index contributed by atoms with van der Waals surface area (Å²) < 4.78 is 5.15. The number of pyridine rings is 1. The molecule has 0 bridgehead atoms. The van der Waals surface area contributed by atoms with Gasteiger partial charge in [0.05, 0.1) is 17.5 Å². The lowest BCUT2D eigenvalue weighted by atomic mass is 10.1. The molecule has 2 aromatic rings. The Kier molecular flexibility index (Phi) is 3.62. The number of piperazine rings is 1.